The number of hydrogen-bond donors (Lipinski definition) is 0. The Labute approximate surface area is 146 Å². The van der Waals surface area contributed by atoms with Crippen LogP contribution < -0.4 is 4.57 Å². The van der Waals surface area contributed by atoms with Gasteiger partial charge in [0.05, 0.1) is 13.7 Å². The molecule has 2 aromatic rings. The monoisotopic (exact) mass is 347 g/mol. The maximum atomic E-state index is 12.3. The average molecular weight is 347 g/mol. The molecule has 1 aromatic heterocycles. The van der Waals surface area contributed by atoms with Gasteiger partial charge in [0, 0.05) is 12.2 Å². The van der Waals surface area contributed by atoms with E-state index in [1.54, 1.807) is 41.4 Å². The van der Waals surface area contributed by atoms with Crippen LogP contribution in [0.4, 0.5) is 0 Å². The smallest absolute Gasteiger partial charge is 0.352 e. The van der Waals surface area contributed by atoms with Crippen molar-refractivity contribution in [3.05, 3.63) is 54.6 Å². The second-order valence-corrected chi connectivity index (χ2v) is 5.40. The van der Waals surface area contributed by atoms with Crippen molar-refractivity contribution in [1.82, 2.24) is 4.57 Å². The number of hydrogen-bond acceptors (Lipinski definition) is 5. The number of aromatic nitrogens is 2. The highest BCUT2D eigenvalue weighted by atomic mass is 16.6. The van der Waals surface area contributed by atoms with Crippen molar-refractivity contribution in [1.29, 1.82) is 0 Å². The lowest BCUT2D eigenvalue weighted by Gasteiger charge is -2.16. The number of esters is 2. The minimum Gasteiger partial charge on any atom is -0.460 e. The molecule has 0 bridgehead atoms. The van der Waals surface area contributed by atoms with Crippen LogP contribution in [0.3, 0.4) is 0 Å². The van der Waals surface area contributed by atoms with Gasteiger partial charge in [-0.1, -0.05) is 30.3 Å². The van der Waals surface area contributed by atoms with Crippen molar-refractivity contribution in [3.8, 4) is 0 Å². The summed E-state index contributed by atoms with van der Waals surface area (Å²) in [5, 5.41) is 0. The molecule has 7 nitrogen and oxygen atoms in total. The fraction of sp³-hybridized carbons (Fsp3) is 0.389. The number of nitrogens with zero attached hydrogens (tertiary/aromatic N) is 2. The molecule has 1 aromatic carbocycles. The maximum Gasteiger partial charge on any atom is 0.352 e. The van der Waals surface area contributed by atoms with Crippen LogP contribution in [-0.4, -0.2) is 36.3 Å². The average Bonchev–Trinajstić information content (AvgIpc) is 3.02. The number of aryl methyl sites for hydroxylation is 1. The van der Waals surface area contributed by atoms with Crippen molar-refractivity contribution in [2.24, 2.45) is 7.05 Å². The molecule has 25 heavy (non-hydrogen) atoms. The molecule has 0 saturated heterocycles. The Bertz CT molecular complexity index is 684. The number of carbonyl (C=O) groups is 2. The summed E-state index contributed by atoms with van der Waals surface area (Å²) in [6.07, 6.45) is 4.21. The summed E-state index contributed by atoms with van der Waals surface area (Å²) in [4.78, 5) is 24.5. The molecular formula is C18H23N2O5+. The summed E-state index contributed by atoms with van der Waals surface area (Å²) in [7, 11) is 1.85. The lowest BCUT2D eigenvalue weighted by molar-refractivity contribution is -0.671. The molecule has 0 N–H and O–H groups in total. The van der Waals surface area contributed by atoms with E-state index in [9.17, 15) is 9.59 Å². The fourth-order valence-corrected chi connectivity index (χ4v) is 2.21. The Morgan fingerprint density at radius 3 is 2.60 bits per heavy atom. The number of benzene rings is 1. The molecule has 0 unspecified atom stereocenters. The normalized spacial score (nSPS) is 11.8. The lowest BCUT2D eigenvalue weighted by atomic mass is 10.1. The van der Waals surface area contributed by atoms with E-state index in [4.69, 9.17) is 14.2 Å². The van der Waals surface area contributed by atoms with E-state index in [0.29, 0.717) is 18.8 Å². The van der Waals surface area contributed by atoms with Crippen molar-refractivity contribution >= 4 is 11.9 Å². The third-order valence-electron chi connectivity index (χ3n) is 3.38. The van der Waals surface area contributed by atoms with Crippen LogP contribution >= 0.6 is 0 Å². The van der Waals surface area contributed by atoms with Gasteiger partial charge < -0.3 is 14.2 Å². The molecule has 0 spiro atoms. The first-order valence-electron chi connectivity index (χ1n) is 8.10. The van der Waals surface area contributed by atoms with Gasteiger partial charge in [0.15, 0.2) is 6.54 Å². The van der Waals surface area contributed by atoms with E-state index in [0.717, 1.165) is 0 Å². The molecule has 134 valence electrons. The van der Waals surface area contributed by atoms with Gasteiger partial charge in [-0.15, -0.1) is 0 Å². The molecule has 0 amide bonds. The Balaban J connectivity index is 2.01. The van der Waals surface area contributed by atoms with Gasteiger partial charge in [-0.05, 0) is 6.92 Å². The number of imidazole rings is 1. The van der Waals surface area contributed by atoms with Gasteiger partial charge in [-0.2, -0.15) is 0 Å². The third-order valence-corrected chi connectivity index (χ3v) is 3.38. The predicted molar refractivity (Wildman–Crippen MR) is 88.3 cm³/mol. The summed E-state index contributed by atoms with van der Waals surface area (Å²) < 4.78 is 19.2. The highest BCUT2D eigenvalue weighted by Gasteiger charge is 2.27. The van der Waals surface area contributed by atoms with Gasteiger partial charge in [0.25, 0.3) is 0 Å². The van der Waals surface area contributed by atoms with E-state index in [-0.39, 0.29) is 13.2 Å². The summed E-state index contributed by atoms with van der Waals surface area (Å²) in [5.74, 6) is -1.14. The maximum absolute atomic E-state index is 12.3. The summed E-state index contributed by atoms with van der Waals surface area (Å²) >= 11 is 0. The molecule has 1 atom stereocenters. The zero-order valence-electron chi connectivity index (χ0n) is 14.5. The zero-order valence-corrected chi connectivity index (χ0v) is 14.5. The molecular weight excluding hydrogens is 324 g/mol. The van der Waals surface area contributed by atoms with Gasteiger partial charge >= 0.3 is 11.9 Å². The van der Waals surface area contributed by atoms with E-state index < -0.39 is 18.0 Å². The van der Waals surface area contributed by atoms with Gasteiger partial charge in [-0.25, -0.2) is 18.7 Å². The van der Waals surface area contributed by atoms with Crippen LogP contribution in [0.1, 0.15) is 18.6 Å². The second kappa shape index (κ2) is 9.58. The predicted octanol–water partition coefficient (Wildman–Crippen LogP) is 1.18. The standard InChI is InChI=1S/C18H23N2O5/c1-3-23-11-12-24-18(22)17(15-7-5-4-6-8-15)25-16(21)13-20-10-9-19(2)14-20/h4-10,14,17H,3,11-13H2,1-2H3/q+1/t17-/m1/s1. The summed E-state index contributed by atoms with van der Waals surface area (Å²) in [6.45, 7) is 2.83. The number of rotatable bonds is 9. The van der Waals surface area contributed by atoms with Gasteiger partial charge in [0.1, 0.15) is 19.0 Å². The van der Waals surface area contributed by atoms with Crippen molar-refractivity contribution in [3.63, 3.8) is 0 Å². The van der Waals surface area contributed by atoms with Crippen molar-refractivity contribution in [2.75, 3.05) is 19.8 Å². The highest BCUT2D eigenvalue weighted by Crippen LogP contribution is 2.19. The molecule has 0 saturated carbocycles. The van der Waals surface area contributed by atoms with E-state index >= 15 is 0 Å². The number of ether oxygens (including phenoxy) is 3. The summed E-state index contributed by atoms with van der Waals surface area (Å²) in [6, 6.07) is 8.81. The Hall–Kier alpha value is -2.67. The van der Waals surface area contributed by atoms with Crippen LogP contribution in [0.5, 0.6) is 0 Å². The molecule has 7 heteroatoms. The quantitative estimate of drug-likeness (QED) is 0.387. The van der Waals surface area contributed by atoms with Crippen LogP contribution in [0.15, 0.2) is 49.1 Å². The second-order valence-electron chi connectivity index (χ2n) is 5.40. The van der Waals surface area contributed by atoms with Crippen LogP contribution in [-0.2, 0) is 37.4 Å². The molecule has 2 rings (SSSR count). The molecule has 0 radical (unpaired) electrons. The summed E-state index contributed by atoms with van der Waals surface area (Å²) in [5.41, 5.74) is 0.565. The van der Waals surface area contributed by atoms with E-state index in [2.05, 4.69) is 0 Å². The topological polar surface area (TPSA) is 70.6 Å². The molecule has 0 aliphatic heterocycles. The van der Waals surface area contributed by atoms with Crippen molar-refractivity contribution in [2.45, 2.75) is 19.6 Å². The molecule has 0 aliphatic rings. The van der Waals surface area contributed by atoms with E-state index in [1.165, 1.54) is 0 Å². The van der Waals surface area contributed by atoms with Crippen molar-refractivity contribution < 1.29 is 28.4 Å². The van der Waals surface area contributed by atoms with Gasteiger partial charge in [-0.3, -0.25) is 0 Å². The lowest BCUT2D eigenvalue weighted by Crippen LogP contribution is -2.26. The minimum atomic E-state index is -1.10. The fourth-order valence-electron chi connectivity index (χ4n) is 2.21. The molecule has 0 aliphatic carbocycles. The Morgan fingerprint density at radius 2 is 1.96 bits per heavy atom. The van der Waals surface area contributed by atoms with Crippen LogP contribution in [0.2, 0.25) is 0 Å². The number of carbonyl (C=O) groups excluding carboxylic acids is 2. The highest BCUT2D eigenvalue weighted by molar-refractivity contribution is 5.80. The van der Waals surface area contributed by atoms with Crippen LogP contribution in [0.25, 0.3) is 0 Å². The first-order valence-corrected chi connectivity index (χ1v) is 8.10. The Kier molecular flexibility index (Phi) is 7.16. The van der Waals surface area contributed by atoms with Crippen LogP contribution in [0, 0.1) is 0 Å². The zero-order chi connectivity index (χ0) is 18.1. The third kappa shape index (κ3) is 6.04. The molecule has 1 heterocycles. The first-order chi connectivity index (χ1) is 12.1. The minimum absolute atomic E-state index is 0.0103. The SMILES string of the molecule is CCOCCOC(=O)[C@H](OC(=O)Cn1cc[n+](C)c1)c1ccccc1. The molecule has 0 fully saturated rings. The van der Waals surface area contributed by atoms with Gasteiger partial charge in [0.2, 0.25) is 12.4 Å². The largest absolute Gasteiger partial charge is 0.460 e. The van der Waals surface area contributed by atoms with E-state index in [1.807, 2.05) is 30.8 Å². The first kappa shape index (κ1) is 18.7. The Morgan fingerprint density at radius 1 is 1.20 bits per heavy atom.